The molecule has 3 heteroatoms. The Labute approximate surface area is 66.4 Å². The molecule has 0 spiro atoms. The quantitative estimate of drug-likeness (QED) is 0.671. The van der Waals surface area contributed by atoms with Crippen molar-refractivity contribution >= 4 is 11.8 Å². The van der Waals surface area contributed by atoms with Crippen LogP contribution in [0, 0.1) is 11.8 Å². The van der Waals surface area contributed by atoms with Gasteiger partial charge < -0.3 is 5.11 Å². The van der Waals surface area contributed by atoms with E-state index in [1.165, 1.54) is 6.92 Å². The van der Waals surface area contributed by atoms with Crippen LogP contribution in [0.5, 0.6) is 0 Å². The summed E-state index contributed by atoms with van der Waals surface area (Å²) in [6.45, 7) is 5.03. The number of rotatable bonds is 4. The zero-order chi connectivity index (χ0) is 9.02. The lowest BCUT2D eigenvalue weighted by molar-refractivity contribution is -0.138. The summed E-state index contributed by atoms with van der Waals surface area (Å²) in [6, 6.07) is 0. The molecule has 1 N–H and O–H groups in total. The summed E-state index contributed by atoms with van der Waals surface area (Å²) in [4.78, 5) is 21.0. The van der Waals surface area contributed by atoms with E-state index < -0.39 is 5.97 Å². The Morgan fingerprint density at radius 2 is 1.82 bits per heavy atom. The second-order valence-electron chi connectivity index (χ2n) is 2.97. The molecule has 0 saturated carbocycles. The van der Waals surface area contributed by atoms with Crippen molar-refractivity contribution in [2.24, 2.45) is 11.8 Å². The van der Waals surface area contributed by atoms with Crippen LogP contribution in [0.1, 0.15) is 27.2 Å². The number of hydrogen-bond donors (Lipinski definition) is 1. The normalized spacial score (nSPS) is 15.5. The van der Waals surface area contributed by atoms with Crippen molar-refractivity contribution in [2.45, 2.75) is 27.2 Å². The predicted octanol–water partition coefficient (Wildman–Crippen LogP) is 1.32. The van der Waals surface area contributed by atoms with Gasteiger partial charge in [0.1, 0.15) is 5.78 Å². The molecule has 0 unspecified atom stereocenters. The number of Topliss-reactive ketones (excluding diaryl/α,β-unsaturated/α-hetero) is 1. The fourth-order valence-electron chi connectivity index (χ4n) is 0.853. The van der Waals surface area contributed by atoms with Crippen LogP contribution in [0.15, 0.2) is 0 Å². The molecule has 0 radical (unpaired) electrons. The average Bonchev–Trinajstić information content (AvgIpc) is 1.84. The zero-order valence-electron chi connectivity index (χ0n) is 7.13. The van der Waals surface area contributed by atoms with Gasteiger partial charge in [-0.15, -0.1) is 0 Å². The van der Waals surface area contributed by atoms with Gasteiger partial charge in [0.05, 0.1) is 0 Å². The molecular weight excluding hydrogens is 144 g/mol. The third kappa shape index (κ3) is 3.75. The van der Waals surface area contributed by atoms with Crippen molar-refractivity contribution in [2.75, 3.05) is 0 Å². The second-order valence-corrected chi connectivity index (χ2v) is 2.97. The Kier molecular flexibility index (Phi) is 3.79. The summed E-state index contributed by atoms with van der Waals surface area (Å²) < 4.78 is 0. The van der Waals surface area contributed by atoms with E-state index >= 15 is 0 Å². The summed E-state index contributed by atoms with van der Waals surface area (Å²) in [5.41, 5.74) is 0. The molecule has 0 aliphatic carbocycles. The third-order valence-electron chi connectivity index (χ3n) is 1.99. The highest BCUT2D eigenvalue weighted by molar-refractivity contribution is 5.79. The van der Waals surface area contributed by atoms with E-state index in [0.29, 0.717) is 0 Å². The second kappa shape index (κ2) is 4.11. The molecule has 0 aromatic heterocycles. The van der Waals surface area contributed by atoms with E-state index in [0.717, 1.165) is 0 Å². The standard InChI is InChI=1S/C8H14O3/c1-5(4-8(10)11)6(2)7(3)9/h5-6H,4H2,1-3H3,(H,10,11)/t5-,6+/m0/s1. The van der Waals surface area contributed by atoms with Gasteiger partial charge in [0.25, 0.3) is 0 Å². The number of ketones is 1. The molecule has 2 atom stereocenters. The van der Waals surface area contributed by atoms with Gasteiger partial charge in [0.15, 0.2) is 0 Å². The molecule has 0 fully saturated rings. The van der Waals surface area contributed by atoms with Gasteiger partial charge in [-0.2, -0.15) is 0 Å². The lowest BCUT2D eigenvalue weighted by Gasteiger charge is -2.13. The molecule has 0 aliphatic rings. The van der Waals surface area contributed by atoms with Gasteiger partial charge in [-0.05, 0) is 12.8 Å². The molecule has 0 aliphatic heterocycles. The van der Waals surface area contributed by atoms with E-state index in [2.05, 4.69) is 0 Å². The van der Waals surface area contributed by atoms with Crippen molar-refractivity contribution in [1.82, 2.24) is 0 Å². The van der Waals surface area contributed by atoms with Gasteiger partial charge in [0, 0.05) is 12.3 Å². The number of hydrogen-bond acceptors (Lipinski definition) is 2. The third-order valence-corrected chi connectivity index (χ3v) is 1.99. The minimum atomic E-state index is -0.842. The van der Waals surface area contributed by atoms with Gasteiger partial charge in [0.2, 0.25) is 0 Å². The largest absolute Gasteiger partial charge is 0.481 e. The molecule has 3 nitrogen and oxygen atoms in total. The topological polar surface area (TPSA) is 54.4 Å². The number of carboxylic acid groups (broad SMARTS) is 1. The Balaban J connectivity index is 3.92. The van der Waals surface area contributed by atoms with Crippen LogP contribution in [0.3, 0.4) is 0 Å². The van der Waals surface area contributed by atoms with Crippen molar-refractivity contribution in [3.8, 4) is 0 Å². The van der Waals surface area contributed by atoms with Crippen LogP contribution < -0.4 is 0 Å². The monoisotopic (exact) mass is 158 g/mol. The summed E-state index contributed by atoms with van der Waals surface area (Å²) in [6.07, 6.45) is 0.0702. The highest BCUT2D eigenvalue weighted by Crippen LogP contribution is 2.15. The van der Waals surface area contributed by atoms with Crippen LogP contribution in [-0.4, -0.2) is 16.9 Å². The fraction of sp³-hybridized carbons (Fsp3) is 0.750. The minimum absolute atomic E-state index is 0.0544. The lowest BCUT2D eigenvalue weighted by atomic mass is 9.90. The Morgan fingerprint density at radius 3 is 2.09 bits per heavy atom. The van der Waals surface area contributed by atoms with Gasteiger partial charge in [-0.1, -0.05) is 13.8 Å². The number of aliphatic carboxylic acids is 1. The van der Waals surface area contributed by atoms with Crippen molar-refractivity contribution in [1.29, 1.82) is 0 Å². The molecule has 0 aromatic carbocycles. The Morgan fingerprint density at radius 1 is 1.36 bits per heavy atom. The van der Waals surface area contributed by atoms with Crippen LogP contribution >= 0.6 is 0 Å². The molecule has 0 heterocycles. The SMILES string of the molecule is CC(=O)[C@H](C)[C@@H](C)CC(=O)O. The minimum Gasteiger partial charge on any atom is -0.481 e. The molecule has 0 rings (SSSR count). The van der Waals surface area contributed by atoms with Gasteiger partial charge in [-0.3, -0.25) is 9.59 Å². The predicted molar refractivity (Wildman–Crippen MR) is 41.3 cm³/mol. The van der Waals surface area contributed by atoms with E-state index in [1.807, 2.05) is 0 Å². The average molecular weight is 158 g/mol. The molecule has 64 valence electrons. The van der Waals surface area contributed by atoms with Crippen LogP contribution in [0.4, 0.5) is 0 Å². The summed E-state index contributed by atoms with van der Waals surface area (Å²) in [5.74, 6) is -1.000. The van der Waals surface area contributed by atoms with Crippen LogP contribution in [0.25, 0.3) is 0 Å². The number of carbonyl (C=O) groups is 2. The maximum absolute atomic E-state index is 10.8. The number of carbonyl (C=O) groups excluding carboxylic acids is 1. The summed E-state index contributed by atoms with van der Waals surface area (Å²) in [7, 11) is 0. The summed E-state index contributed by atoms with van der Waals surface area (Å²) >= 11 is 0. The Bertz CT molecular complexity index is 163. The maximum atomic E-state index is 10.8. The van der Waals surface area contributed by atoms with E-state index in [1.54, 1.807) is 13.8 Å². The smallest absolute Gasteiger partial charge is 0.303 e. The molecule has 0 amide bonds. The molecular formula is C8H14O3. The first-order chi connectivity index (χ1) is 4.95. The van der Waals surface area contributed by atoms with Crippen LogP contribution in [-0.2, 0) is 9.59 Å². The van der Waals surface area contributed by atoms with E-state index in [-0.39, 0.29) is 24.0 Å². The van der Waals surface area contributed by atoms with Gasteiger partial charge in [-0.25, -0.2) is 0 Å². The maximum Gasteiger partial charge on any atom is 0.303 e. The summed E-state index contributed by atoms with van der Waals surface area (Å²) in [5, 5.41) is 8.40. The zero-order valence-corrected chi connectivity index (χ0v) is 7.13. The van der Waals surface area contributed by atoms with Crippen molar-refractivity contribution in [3.63, 3.8) is 0 Å². The fourth-order valence-corrected chi connectivity index (χ4v) is 0.853. The Hall–Kier alpha value is -0.860. The van der Waals surface area contributed by atoms with Crippen molar-refractivity contribution < 1.29 is 14.7 Å². The lowest BCUT2D eigenvalue weighted by Crippen LogP contribution is -2.18. The first kappa shape index (κ1) is 10.1. The molecule has 11 heavy (non-hydrogen) atoms. The van der Waals surface area contributed by atoms with Gasteiger partial charge >= 0.3 is 5.97 Å². The first-order valence-corrected chi connectivity index (χ1v) is 3.67. The molecule has 0 bridgehead atoms. The molecule has 0 saturated heterocycles. The molecule has 0 aromatic rings. The van der Waals surface area contributed by atoms with E-state index in [9.17, 15) is 9.59 Å². The van der Waals surface area contributed by atoms with E-state index in [4.69, 9.17) is 5.11 Å². The van der Waals surface area contributed by atoms with Crippen molar-refractivity contribution in [3.05, 3.63) is 0 Å². The number of carboxylic acids is 1. The first-order valence-electron chi connectivity index (χ1n) is 3.67. The highest BCUT2D eigenvalue weighted by atomic mass is 16.4. The van der Waals surface area contributed by atoms with Crippen LogP contribution in [0.2, 0.25) is 0 Å². The highest BCUT2D eigenvalue weighted by Gasteiger charge is 2.18.